The van der Waals surface area contributed by atoms with E-state index in [9.17, 15) is 10.5 Å². The SMILES string of the molecule is CCCCCCC(CC)C1(C(CC)CCCCC)c2cc(-c3ccc4c(c3)C(C)(C)c3ccccc3-4)ccc2-c2ccc(-c3ccc4c(c3)C(C)(C)c3cc(-c5ccc6c(c5)C(CC(CC)CCCC)(C(CC)CCCCC)c5c-6cc6c7c8c(c(C#N)cc7n7c9cc(C#N)c%10c(c9c5c67)C5CC6CC(CC%10C6)C5)C5CC6CC7CC8CC67C5)ccc3-4)cc21. The number of aromatic nitrogens is 1. The molecule has 3 nitrogen and oxygen atoms in total. The minimum atomic E-state index is -0.294. The fourth-order valence-electron chi connectivity index (χ4n) is 32.5. The Morgan fingerprint density at radius 3 is 1.30 bits per heavy atom. The third-order valence-electron chi connectivity index (χ3n) is 37.9. The minimum absolute atomic E-state index is 0.0713. The first-order chi connectivity index (χ1) is 61.0. The number of rotatable bonds is 28. The predicted molar refractivity (Wildman–Crippen MR) is 524 cm³/mol. The van der Waals surface area contributed by atoms with Crippen molar-refractivity contribution in [1.29, 1.82) is 10.5 Å². The van der Waals surface area contributed by atoms with Crippen molar-refractivity contribution >= 4 is 38.1 Å². The van der Waals surface area contributed by atoms with E-state index in [1.54, 1.807) is 38.8 Å². The van der Waals surface area contributed by atoms with Crippen LogP contribution in [0, 0.1) is 75.4 Å². The molecule has 2 heterocycles. The van der Waals surface area contributed by atoms with E-state index in [0.717, 1.165) is 48.6 Å². The normalized spacial score (nSPS) is 25.9. The van der Waals surface area contributed by atoms with Crippen molar-refractivity contribution in [3.8, 4) is 90.0 Å². The Bertz CT molecular complexity index is 6490. The van der Waals surface area contributed by atoms with Crippen molar-refractivity contribution in [2.75, 3.05) is 0 Å². The van der Waals surface area contributed by atoms with E-state index in [4.69, 9.17) is 0 Å². The molecule has 3 heteroatoms. The molecular weight excluding hydrogens is 1510 g/mol. The van der Waals surface area contributed by atoms with Gasteiger partial charge < -0.3 is 4.40 Å². The molecule has 12 aromatic rings. The Morgan fingerprint density at radius 1 is 0.360 bits per heavy atom. The van der Waals surface area contributed by atoms with Gasteiger partial charge in [0.1, 0.15) is 0 Å². The smallest absolute Gasteiger partial charge is 0.0995 e. The van der Waals surface area contributed by atoms with Gasteiger partial charge in [0.25, 0.3) is 0 Å². The zero-order chi connectivity index (χ0) is 85.2. The first-order valence-electron chi connectivity index (χ1n) is 51.2. The van der Waals surface area contributed by atoms with E-state index < -0.39 is 0 Å². The van der Waals surface area contributed by atoms with Crippen LogP contribution in [-0.4, -0.2) is 4.40 Å². The van der Waals surface area contributed by atoms with Crippen LogP contribution in [0.15, 0.2) is 152 Å². The molecule has 7 bridgehead atoms. The third kappa shape index (κ3) is 11.3. The summed E-state index contributed by atoms with van der Waals surface area (Å²) in [6.45, 7) is 29.8. The van der Waals surface area contributed by atoms with Crippen molar-refractivity contribution in [3.63, 3.8) is 0 Å². The van der Waals surface area contributed by atoms with Crippen LogP contribution < -0.4 is 0 Å². The molecule has 0 saturated heterocycles. The molecule has 125 heavy (non-hydrogen) atoms. The molecule has 5 saturated carbocycles. The van der Waals surface area contributed by atoms with Crippen LogP contribution in [0.2, 0.25) is 0 Å². The molecule has 10 aromatic carbocycles. The summed E-state index contributed by atoms with van der Waals surface area (Å²) in [6, 6.07) is 69.4. The quantitative estimate of drug-likeness (QED) is 0.0459. The van der Waals surface area contributed by atoms with Crippen LogP contribution in [0.4, 0.5) is 0 Å². The van der Waals surface area contributed by atoms with Gasteiger partial charge in [-0.2, -0.15) is 10.5 Å². The standard InChI is InChI=1S/C122H135N3/c1-13-21-25-28-34-88(20-8)122(87(19-7)33-27-23-15-3)105-60-78(75-37-43-92-91-35-29-30-36-100(91)118(9,10)101(92)56-75)40-46-95(105)96-47-41-79(61-106(96)122)76-39-45-94-93-44-38-74(57-102(93)119(11,12)103(94)58-76)77-42-48-97-98-65-99-113-107(62-85(70-124)110-82-54-89-64-90-55-83(112(110)113)68-120(89,90)67-82)125-108-63-84(69-123)109-80-50-72-49-73(51-80)53-81(52-72)111(109)114(108)115(117(99)125)116(98)121(104(97)59-77,66-71(17-5)31-24-16-4)86(18-6)32-26-22-14-2/h29-30,35-48,56-63,65,71-73,80-83,86-90H,13-28,31-34,49-55,64,66-68H2,1-12H3. The van der Waals surface area contributed by atoms with Crippen LogP contribution in [0.5, 0.6) is 0 Å². The van der Waals surface area contributed by atoms with Gasteiger partial charge in [0.15, 0.2) is 0 Å². The lowest BCUT2D eigenvalue weighted by Crippen LogP contribution is -2.42. The predicted octanol–water partition coefficient (Wildman–Crippen LogP) is 34.3. The highest BCUT2D eigenvalue weighted by Crippen LogP contribution is 2.78. The van der Waals surface area contributed by atoms with E-state index in [-0.39, 0.29) is 21.7 Å². The first-order valence-corrected chi connectivity index (χ1v) is 51.2. The van der Waals surface area contributed by atoms with Crippen molar-refractivity contribution in [2.24, 2.45) is 52.8 Å². The Labute approximate surface area is 747 Å². The Hall–Kier alpha value is -9.02. The maximum absolute atomic E-state index is 11.9. The van der Waals surface area contributed by atoms with Gasteiger partial charge in [-0.05, 0) is 366 Å². The van der Waals surface area contributed by atoms with Gasteiger partial charge in [0, 0.05) is 43.2 Å². The highest BCUT2D eigenvalue weighted by molar-refractivity contribution is 6.29. The number of hydrogen-bond donors (Lipinski definition) is 0. The molecule has 0 aliphatic heterocycles. The Kier molecular flexibility index (Phi) is 19.4. The van der Waals surface area contributed by atoms with E-state index in [1.165, 1.54) is 317 Å². The molecule has 5 fully saturated rings. The number of nitrogens with zero attached hydrogens (tertiary/aromatic N) is 3. The van der Waals surface area contributed by atoms with Crippen LogP contribution in [0.25, 0.3) is 116 Å². The molecule has 24 rings (SSSR count). The number of fused-ring (bicyclic) bond motifs is 25. The van der Waals surface area contributed by atoms with Gasteiger partial charge in [-0.3, -0.25) is 0 Å². The summed E-state index contributed by atoms with van der Waals surface area (Å²) in [4.78, 5) is 0. The van der Waals surface area contributed by atoms with Gasteiger partial charge in [-0.25, -0.2) is 0 Å². The first kappa shape index (κ1) is 80.5. The molecule has 638 valence electrons. The van der Waals surface area contributed by atoms with Crippen LogP contribution >= 0.6 is 0 Å². The second-order valence-corrected chi connectivity index (χ2v) is 44.3. The van der Waals surface area contributed by atoms with Gasteiger partial charge in [-0.1, -0.05) is 289 Å². The number of hydrogen-bond acceptors (Lipinski definition) is 2. The fraction of sp³-hybridized carbons (Fsp3) is 0.492. The molecule has 1 spiro atoms. The second-order valence-electron chi connectivity index (χ2n) is 44.3. The molecular formula is C122H135N3. The molecule has 12 aliphatic rings. The van der Waals surface area contributed by atoms with Gasteiger partial charge in [-0.15, -0.1) is 0 Å². The maximum Gasteiger partial charge on any atom is 0.0995 e. The summed E-state index contributed by atoms with van der Waals surface area (Å²) in [5.41, 5.74) is 43.2. The average molecular weight is 1640 g/mol. The summed E-state index contributed by atoms with van der Waals surface area (Å²) in [5.74, 6) is 6.78. The zero-order valence-corrected chi connectivity index (χ0v) is 77.6. The summed E-state index contributed by atoms with van der Waals surface area (Å²) < 4.78 is 2.76. The molecule has 13 atom stereocenters. The molecule has 0 radical (unpaired) electrons. The van der Waals surface area contributed by atoms with Gasteiger partial charge >= 0.3 is 0 Å². The zero-order valence-electron chi connectivity index (χ0n) is 77.6. The Balaban J connectivity index is 0.688. The lowest BCUT2D eigenvalue weighted by atomic mass is 9.56. The highest BCUT2D eigenvalue weighted by Gasteiger charge is 2.67. The molecule has 0 amide bonds. The summed E-state index contributed by atoms with van der Waals surface area (Å²) in [5, 5.41) is 29.6. The highest BCUT2D eigenvalue weighted by atomic mass is 14.9. The van der Waals surface area contributed by atoms with Gasteiger partial charge in [0.05, 0.1) is 39.8 Å². The lowest BCUT2D eigenvalue weighted by Gasteiger charge is -2.48. The van der Waals surface area contributed by atoms with Crippen molar-refractivity contribution < 1.29 is 0 Å². The fourth-order valence-corrected chi connectivity index (χ4v) is 32.5. The summed E-state index contributed by atoms with van der Waals surface area (Å²) >= 11 is 0. The molecule has 12 aliphatic carbocycles. The molecule has 13 unspecified atom stereocenters. The van der Waals surface area contributed by atoms with Gasteiger partial charge in [0.2, 0.25) is 0 Å². The number of unbranched alkanes of at least 4 members (excludes halogenated alkanes) is 8. The van der Waals surface area contributed by atoms with E-state index in [2.05, 4.69) is 251 Å². The Morgan fingerprint density at radius 2 is 0.784 bits per heavy atom. The molecule has 0 N–H and O–H groups in total. The summed E-state index contributed by atoms with van der Waals surface area (Å²) in [7, 11) is 0. The number of benzene rings is 10. The summed E-state index contributed by atoms with van der Waals surface area (Å²) in [6.07, 6.45) is 38.5. The van der Waals surface area contributed by atoms with Crippen LogP contribution in [0.3, 0.4) is 0 Å². The van der Waals surface area contributed by atoms with E-state index in [0.29, 0.717) is 64.6 Å². The molecule has 2 aromatic heterocycles. The topological polar surface area (TPSA) is 52.0 Å². The van der Waals surface area contributed by atoms with Crippen molar-refractivity contribution in [3.05, 3.63) is 230 Å². The third-order valence-corrected chi connectivity index (χ3v) is 37.9. The average Bonchev–Trinajstić information content (AvgIpc) is 1.48. The van der Waals surface area contributed by atoms with E-state index in [1.807, 2.05) is 0 Å². The number of nitriles is 2. The monoisotopic (exact) mass is 1640 g/mol. The largest absolute Gasteiger partial charge is 0.308 e. The maximum atomic E-state index is 11.9. The second kappa shape index (κ2) is 30.0. The minimum Gasteiger partial charge on any atom is -0.308 e. The van der Waals surface area contributed by atoms with Crippen molar-refractivity contribution in [1.82, 2.24) is 4.40 Å². The lowest BCUT2D eigenvalue weighted by molar-refractivity contribution is 0.00322. The van der Waals surface area contributed by atoms with Crippen LogP contribution in [-0.2, 0) is 21.7 Å². The van der Waals surface area contributed by atoms with Crippen molar-refractivity contribution in [2.45, 2.75) is 327 Å². The van der Waals surface area contributed by atoms with Crippen LogP contribution in [0.1, 0.15) is 384 Å². The van der Waals surface area contributed by atoms with E-state index >= 15 is 0 Å².